The molecule has 1 N–H and O–H groups in total. The van der Waals surface area contributed by atoms with E-state index < -0.39 is 17.0 Å². The molecule has 2 aromatic carbocycles. The fraction of sp³-hybridized carbons (Fsp3) is 0. The molecule has 0 fully saturated rings. The Hall–Kier alpha value is -2.14. The lowest BCUT2D eigenvalue weighted by atomic mass is 10.1. The Labute approximate surface area is 121 Å². The maximum Gasteiger partial charge on any atom is 0.235 e. The average Bonchev–Trinajstić information content (AvgIpc) is 2.46. The van der Waals surface area contributed by atoms with Crippen molar-refractivity contribution in [3.05, 3.63) is 63.0 Å². The lowest BCUT2D eigenvalue weighted by Crippen LogP contribution is -2.02. The zero-order valence-electron chi connectivity index (χ0n) is 10.1. The summed E-state index contributed by atoms with van der Waals surface area (Å²) in [5.41, 5.74) is -0.259. The van der Waals surface area contributed by atoms with Crippen molar-refractivity contribution >= 4 is 26.9 Å². The maximum atomic E-state index is 13.9. The smallest absolute Gasteiger partial charge is 0.235 e. The number of halogens is 2. The van der Waals surface area contributed by atoms with E-state index in [1.165, 1.54) is 18.2 Å². The SMILES string of the molecule is O=c1c(O)c(-c2cc(Br)ccc2F)oc2ccccc12. The first kappa shape index (κ1) is 12.9. The molecule has 0 aliphatic rings. The molecule has 0 spiro atoms. The van der Waals surface area contributed by atoms with Crippen LogP contribution in [0.4, 0.5) is 4.39 Å². The first-order valence-electron chi connectivity index (χ1n) is 5.78. The third kappa shape index (κ3) is 2.00. The highest BCUT2D eigenvalue weighted by atomic mass is 79.9. The van der Waals surface area contributed by atoms with Crippen molar-refractivity contribution in [2.45, 2.75) is 0 Å². The van der Waals surface area contributed by atoms with Crippen molar-refractivity contribution in [2.75, 3.05) is 0 Å². The van der Waals surface area contributed by atoms with Crippen molar-refractivity contribution in [1.29, 1.82) is 0 Å². The second-order valence-electron chi connectivity index (χ2n) is 4.23. The van der Waals surface area contributed by atoms with Crippen molar-refractivity contribution < 1.29 is 13.9 Å². The summed E-state index contributed by atoms with van der Waals surface area (Å²) in [4.78, 5) is 12.1. The van der Waals surface area contributed by atoms with Crippen molar-refractivity contribution in [3.8, 4) is 17.1 Å². The van der Waals surface area contributed by atoms with Crippen LogP contribution in [-0.2, 0) is 0 Å². The molecule has 100 valence electrons. The first-order chi connectivity index (χ1) is 9.58. The molecular weight excluding hydrogens is 327 g/mol. The van der Waals surface area contributed by atoms with Crippen LogP contribution in [0.25, 0.3) is 22.3 Å². The summed E-state index contributed by atoms with van der Waals surface area (Å²) in [7, 11) is 0. The van der Waals surface area contributed by atoms with Gasteiger partial charge in [0.05, 0.1) is 10.9 Å². The number of fused-ring (bicyclic) bond motifs is 1. The maximum absolute atomic E-state index is 13.9. The molecule has 0 bridgehead atoms. The fourth-order valence-electron chi connectivity index (χ4n) is 1.99. The molecule has 0 unspecified atom stereocenters. The van der Waals surface area contributed by atoms with Crippen LogP contribution in [0.15, 0.2) is 56.1 Å². The molecule has 5 heteroatoms. The van der Waals surface area contributed by atoms with E-state index in [4.69, 9.17) is 4.42 Å². The molecule has 3 nitrogen and oxygen atoms in total. The molecule has 0 saturated carbocycles. The van der Waals surface area contributed by atoms with Crippen LogP contribution in [0, 0.1) is 5.82 Å². The second kappa shape index (κ2) is 4.76. The molecule has 20 heavy (non-hydrogen) atoms. The lowest BCUT2D eigenvalue weighted by molar-refractivity contribution is 0.447. The Morgan fingerprint density at radius 2 is 1.90 bits per heavy atom. The summed E-state index contributed by atoms with van der Waals surface area (Å²) in [6.07, 6.45) is 0. The van der Waals surface area contributed by atoms with Crippen LogP contribution < -0.4 is 5.43 Å². The zero-order valence-corrected chi connectivity index (χ0v) is 11.6. The van der Waals surface area contributed by atoms with Crippen LogP contribution in [0.5, 0.6) is 5.75 Å². The highest BCUT2D eigenvalue weighted by Crippen LogP contribution is 2.33. The minimum Gasteiger partial charge on any atom is -0.502 e. The Morgan fingerprint density at radius 1 is 1.15 bits per heavy atom. The second-order valence-corrected chi connectivity index (χ2v) is 5.14. The zero-order chi connectivity index (χ0) is 14.3. The number of benzene rings is 2. The van der Waals surface area contributed by atoms with Gasteiger partial charge in [0.1, 0.15) is 11.4 Å². The molecule has 0 saturated heterocycles. The van der Waals surface area contributed by atoms with Gasteiger partial charge in [-0.15, -0.1) is 0 Å². The molecule has 0 aliphatic carbocycles. The Morgan fingerprint density at radius 3 is 2.70 bits per heavy atom. The van der Waals surface area contributed by atoms with Crippen LogP contribution in [0.3, 0.4) is 0 Å². The third-order valence-electron chi connectivity index (χ3n) is 2.95. The van der Waals surface area contributed by atoms with E-state index in [1.54, 1.807) is 24.3 Å². The fourth-order valence-corrected chi connectivity index (χ4v) is 2.35. The highest BCUT2D eigenvalue weighted by molar-refractivity contribution is 9.10. The van der Waals surface area contributed by atoms with Gasteiger partial charge in [0.2, 0.25) is 11.2 Å². The molecular formula is C15H8BrFO3. The van der Waals surface area contributed by atoms with Gasteiger partial charge in [-0.05, 0) is 30.3 Å². The van der Waals surface area contributed by atoms with Crippen LogP contribution in [0.1, 0.15) is 0 Å². The number of para-hydroxylation sites is 1. The van der Waals surface area contributed by atoms with Gasteiger partial charge in [0.15, 0.2) is 5.76 Å². The van der Waals surface area contributed by atoms with Crippen LogP contribution >= 0.6 is 15.9 Å². The minimum absolute atomic E-state index is 0.0275. The Balaban J connectivity index is 2.40. The van der Waals surface area contributed by atoms with E-state index in [1.807, 2.05) is 0 Å². The Bertz CT molecular complexity index is 871. The molecule has 0 atom stereocenters. The molecule has 1 aromatic heterocycles. The molecule has 3 rings (SSSR count). The summed E-state index contributed by atoms with van der Waals surface area (Å²) < 4.78 is 20.0. The van der Waals surface area contributed by atoms with E-state index in [-0.39, 0.29) is 16.7 Å². The number of hydrogen-bond donors (Lipinski definition) is 1. The van der Waals surface area contributed by atoms with E-state index >= 15 is 0 Å². The summed E-state index contributed by atoms with van der Waals surface area (Å²) in [5.74, 6) is -1.35. The summed E-state index contributed by atoms with van der Waals surface area (Å²) in [6.45, 7) is 0. The van der Waals surface area contributed by atoms with Gasteiger partial charge < -0.3 is 9.52 Å². The molecule has 3 aromatic rings. The molecule has 0 radical (unpaired) electrons. The van der Waals surface area contributed by atoms with E-state index in [2.05, 4.69) is 15.9 Å². The van der Waals surface area contributed by atoms with Crippen molar-refractivity contribution in [2.24, 2.45) is 0 Å². The van der Waals surface area contributed by atoms with Gasteiger partial charge in [-0.3, -0.25) is 4.79 Å². The van der Waals surface area contributed by atoms with Crippen LogP contribution in [-0.4, -0.2) is 5.11 Å². The van der Waals surface area contributed by atoms with E-state index in [9.17, 15) is 14.3 Å². The number of aromatic hydroxyl groups is 1. The summed E-state index contributed by atoms with van der Waals surface area (Å²) in [5, 5.41) is 10.2. The Kier molecular flexibility index (Phi) is 3.06. The largest absolute Gasteiger partial charge is 0.502 e. The number of rotatable bonds is 1. The van der Waals surface area contributed by atoms with Gasteiger partial charge >= 0.3 is 0 Å². The summed E-state index contributed by atoms with van der Waals surface area (Å²) >= 11 is 3.22. The monoisotopic (exact) mass is 334 g/mol. The minimum atomic E-state index is -0.597. The predicted molar refractivity (Wildman–Crippen MR) is 77.2 cm³/mol. The predicted octanol–water partition coefficient (Wildman–Crippen LogP) is 4.07. The quantitative estimate of drug-likeness (QED) is 0.729. The van der Waals surface area contributed by atoms with Gasteiger partial charge in [0.25, 0.3) is 0 Å². The molecule has 0 amide bonds. The third-order valence-corrected chi connectivity index (χ3v) is 3.44. The first-order valence-corrected chi connectivity index (χ1v) is 6.57. The van der Waals surface area contributed by atoms with Gasteiger partial charge in [-0.2, -0.15) is 0 Å². The van der Waals surface area contributed by atoms with E-state index in [0.717, 1.165) is 0 Å². The molecule has 0 aliphatic heterocycles. The number of hydrogen-bond acceptors (Lipinski definition) is 3. The van der Waals surface area contributed by atoms with Crippen molar-refractivity contribution in [1.82, 2.24) is 0 Å². The van der Waals surface area contributed by atoms with Gasteiger partial charge in [0, 0.05) is 4.47 Å². The van der Waals surface area contributed by atoms with E-state index in [0.29, 0.717) is 10.1 Å². The topological polar surface area (TPSA) is 50.4 Å². The van der Waals surface area contributed by atoms with Gasteiger partial charge in [-0.1, -0.05) is 28.1 Å². The standard InChI is InChI=1S/C15H8BrFO3/c16-8-5-6-11(17)10(7-8)15-14(19)13(18)9-3-1-2-4-12(9)20-15/h1-7,19H. The highest BCUT2D eigenvalue weighted by Gasteiger charge is 2.18. The molecule has 1 heterocycles. The lowest BCUT2D eigenvalue weighted by Gasteiger charge is -2.07. The van der Waals surface area contributed by atoms with Gasteiger partial charge in [-0.25, -0.2) is 4.39 Å². The van der Waals surface area contributed by atoms with Crippen LogP contribution in [0.2, 0.25) is 0 Å². The normalized spacial score (nSPS) is 10.9. The average molecular weight is 335 g/mol. The van der Waals surface area contributed by atoms with Crippen molar-refractivity contribution in [3.63, 3.8) is 0 Å². The summed E-state index contributed by atoms with van der Waals surface area (Å²) in [6, 6.07) is 10.7.